The molecule has 1 heterocycles. The minimum atomic E-state index is 0. The average molecular weight is 343 g/mol. The Bertz CT molecular complexity index is 552. The number of ether oxygens (including phenoxy) is 1. The van der Waals surface area contributed by atoms with Crippen molar-refractivity contribution in [2.24, 2.45) is 0 Å². The van der Waals surface area contributed by atoms with E-state index in [1.54, 1.807) is 18.9 Å². The number of amides is 1. The Morgan fingerprint density at radius 3 is 2.70 bits per heavy atom. The SMILES string of the molecule is CC#CCOc1ccc(C2=[C-]CCC(=O)N2C)cc1.[Y]. The number of hydrogen-bond donors (Lipinski definition) is 0. The Morgan fingerprint density at radius 1 is 1.35 bits per heavy atom. The van der Waals surface area contributed by atoms with E-state index in [0.717, 1.165) is 17.0 Å². The number of rotatable bonds is 3. The summed E-state index contributed by atoms with van der Waals surface area (Å²) in [5.41, 5.74) is 1.82. The number of allylic oxidation sites excluding steroid dienone is 1. The third-order valence-electron chi connectivity index (χ3n) is 2.96. The molecular weight excluding hydrogens is 327 g/mol. The maximum Gasteiger partial charge on any atom is 0.222 e. The van der Waals surface area contributed by atoms with Crippen molar-refractivity contribution in [2.45, 2.75) is 19.8 Å². The first-order chi connectivity index (χ1) is 9.22. The van der Waals surface area contributed by atoms with Crippen LogP contribution in [0.15, 0.2) is 24.3 Å². The second kappa shape index (κ2) is 8.24. The largest absolute Gasteiger partial charge is 0.481 e. The molecule has 101 valence electrons. The maximum absolute atomic E-state index is 11.6. The van der Waals surface area contributed by atoms with Gasteiger partial charge in [0.2, 0.25) is 5.91 Å². The van der Waals surface area contributed by atoms with Crippen molar-refractivity contribution in [3.63, 3.8) is 0 Å². The summed E-state index contributed by atoms with van der Waals surface area (Å²) in [6, 6.07) is 7.64. The molecule has 0 aromatic heterocycles. The van der Waals surface area contributed by atoms with Gasteiger partial charge in [-0.05, 0) is 19.1 Å². The van der Waals surface area contributed by atoms with Crippen LogP contribution in [0.3, 0.4) is 0 Å². The fourth-order valence-electron chi connectivity index (χ4n) is 1.90. The normalized spacial score (nSPS) is 13.8. The van der Waals surface area contributed by atoms with Gasteiger partial charge >= 0.3 is 0 Å². The number of carbonyl (C=O) groups is 1. The van der Waals surface area contributed by atoms with E-state index >= 15 is 0 Å². The van der Waals surface area contributed by atoms with Crippen LogP contribution in [0.5, 0.6) is 5.75 Å². The zero-order chi connectivity index (χ0) is 13.7. The average Bonchev–Trinajstić information content (AvgIpc) is 2.43. The van der Waals surface area contributed by atoms with Crippen molar-refractivity contribution in [1.29, 1.82) is 0 Å². The van der Waals surface area contributed by atoms with E-state index in [4.69, 9.17) is 4.74 Å². The molecule has 0 spiro atoms. The molecule has 0 N–H and O–H groups in total. The van der Waals surface area contributed by atoms with E-state index in [9.17, 15) is 4.79 Å². The van der Waals surface area contributed by atoms with Gasteiger partial charge in [-0.25, -0.2) is 6.08 Å². The molecule has 1 aromatic carbocycles. The zero-order valence-corrected chi connectivity index (χ0v) is 14.6. The van der Waals surface area contributed by atoms with E-state index in [1.807, 2.05) is 24.3 Å². The van der Waals surface area contributed by atoms with Crippen LogP contribution in [0.2, 0.25) is 0 Å². The van der Waals surface area contributed by atoms with Crippen molar-refractivity contribution in [3.8, 4) is 17.6 Å². The van der Waals surface area contributed by atoms with Gasteiger partial charge in [0.25, 0.3) is 0 Å². The monoisotopic (exact) mass is 343 g/mol. The summed E-state index contributed by atoms with van der Waals surface area (Å²) < 4.78 is 5.45. The summed E-state index contributed by atoms with van der Waals surface area (Å²) in [5, 5.41) is 0. The molecule has 1 amide bonds. The zero-order valence-electron chi connectivity index (χ0n) is 11.8. The minimum absolute atomic E-state index is 0. The molecule has 0 saturated carbocycles. The molecule has 0 aliphatic carbocycles. The minimum Gasteiger partial charge on any atom is -0.481 e. The summed E-state index contributed by atoms with van der Waals surface area (Å²) in [5.74, 6) is 6.53. The van der Waals surface area contributed by atoms with Crippen molar-refractivity contribution in [3.05, 3.63) is 35.9 Å². The third-order valence-corrected chi connectivity index (χ3v) is 2.96. The Hall–Kier alpha value is -1.11. The Kier molecular flexibility index (Phi) is 6.98. The number of carbonyl (C=O) groups excluding carboxylic acids is 1. The van der Waals surface area contributed by atoms with Crippen LogP contribution in [0.1, 0.15) is 25.3 Å². The molecule has 20 heavy (non-hydrogen) atoms. The molecule has 1 aromatic rings. The maximum atomic E-state index is 11.6. The molecule has 3 nitrogen and oxygen atoms in total. The van der Waals surface area contributed by atoms with Crippen molar-refractivity contribution >= 4 is 11.6 Å². The van der Waals surface area contributed by atoms with Crippen LogP contribution in [-0.2, 0) is 37.5 Å². The van der Waals surface area contributed by atoms with Gasteiger partial charge in [-0.1, -0.05) is 5.92 Å². The van der Waals surface area contributed by atoms with Crippen LogP contribution in [0, 0.1) is 17.9 Å². The van der Waals surface area contributed by atoms with E-state index in [0.29, 0.717) is 19.4 Å². The number of hydrogen-bond acceptors (Lipinski definition) is 2. The first-order valence-electron chi connectivity index (χ1n) is 6.22. The molecule has 2 rings (SSSR count). The van der Waals surface area contributed by atoms with E-state index < -0.39 is 0 Å². The first kappa shape index (κ1) is 16.9. The summed E-state index contributed by atoms with van der Waals surface area (Å²) in [7, 11) is 1.78. The standard InChI is InChI=1S/C16H16NO2.Y/c1-3-4-12-19-14-10-8-13(9-11-14)15-6-5-7-16(18)17(15)2;/h8-11H,5,7,12H2,1-2H3;/q-1;. The van der Waals surface area contributed by atoms with Gasteiger partial charge in [-0.3, -0.25) is 4.79 Å². The van der Waals surface area contributed by atoms with Gasteiger partial charge in [-0.15, -0.1) is 30.2 Å². The van der Waals surface area contributed by atoms with Gasteiger partial charge in [0.1, 0.15) is 12.4 Å². The molecule has 0 bridgehead atoms. The van der Waals surface area contributed by atoms with Crippen LogP contribution in [0.25, 0.3) is 5.70 Å². The van der Waals surface area contributed by atoms with Gasteiger partial charge in [-0.2, -0.15) is 5.56 Å². The Morgan fingerprint density at radius 2 is 2.05 bits per heavy atom. The second-order valence-corrected chi connectivity index (χ2v) is 4.22. The van der Waals surface area contributed by atoms with Crippen LogP contribution >= 0.6 is 0 Å². The van der Waals surface area contributed by atoms with Crippen molar-refractivity contribution in [2.75, 3.05) is 13.7 Å². The summed E-state index contributed by atoms with van der Waals surface area (Å²) >= 11 is 0. The van der Waals surface area contributed by atoms with Gasteiger partial charge in [0, 0.05) is 46.2 Å². The van der Waals surface area contributed by atoms with Crippen LogP contribution < -0.4 is 4.74 Å². The summed E-state index contributed by atoms with van der Waals surface area (Å²) in [4.78, 5) is 13.3. The van der Waals surface area contributed by atoms with Crippen molar-refractivity contribution < 1.29 is 42.2 Å². The first-order valence-corrected chi connectivity index (χ1v) is 6.22. The second-order valence-electron chi connectivity index (χ2n) is 4.22. The van der Waals surface area contributed by atoms with Gasteiger partial charge in [0.05, 0.1) is 0 Å². The number of benzene rings is 1. The molecule has 1 aliphatic heterocycles. The molecule has 1 radical (unpaired) electrons. The van der Waals surface area contributed by atoms with Crippen LogP contribution in [-0.4, -0.2) is 24.5 Å². The van der Waals surface area contributed by atoms with Crippen molar-refractivity contribution in [1.82, 2.24) is 4.90 Å². The molecule has 0 atom stereocenters. The predicted molar refractivity (Wildman–Crippen MR) is 74.0 cm³/mol. The fraction of sp³-hybridized carbons (Fsp3) is 0.312. The number of nitrogens with zero attached hydrogens (tertiary/aromatic N) is 1. The topological polar surface area (TPSA) is 29.5 Å². The third kappa shape index (κ3) is 4.20. The van der Waals surface area contributed by atoms with E-state index in [1.165, 1.54) is 0 Å². The quantitative estimate of drug-likeness (QED) is 0.623. The van der Waals surface area contributed by atoms with Crippen LogP contribution in [0.4, 0.5) is 0 Å². The molecular formula is C16H16NO2Y-. The Balaban J connectivity index is 0.00000200. The van der Waals surface area contributed by atoms with E-state index in [2.05, 4.69) is 17.9 Å². The van der Waals surface area contributed by atoms with Gasteiger partial charge < -0.3 is 9.64 Å². The molecule has 0 fully saturated rings. The predicted octanol–water partition coefficient (Wildman–Crippen LogP) is 2.48. The molecule has 1 aliphatic rings. The molecule has 0 saturated heterocycles. The van der Waals surface area contributed by atoms with E-state index in [-0.39, 0.29) is 38.6 Å². The van der Waals surface area contributed by atoms with Gasteiger partial charge in [0.15, 0.2) is 0 Å². The smallest absolute Gasteiger partial charge is 0.222 e. The summed E-state index contributed by atoms with van der Waals surface area (Å²) in [6.07, 6.45) is 4.47. The fourth-order valence-corrected chi connectivity index (χ4v) is 1.90. The molecule has 4 heteroatoms. The molecule has 0 unspecified atom stereocenters. The Labute approximate surface area is 145 Å². The summed E-state index contributed by atoms with van der Waals surface area (Å²) in [6.45, 7) is 2.17.